The van der Waals surface area contributed by atoms with E-state index in [-0.39, 0.29) is 24.0 Å². The van der Waals surface area contributed by atoms with E-state index in [0.29, 0.717) is 11.1 Å². The summed E-state index contributed by atoms with van der Waals surface area (Å²) in [6.45, 7) is 1.54. The molecular formula is C12H15NO3S. The highest BCUT2D eigenvalue weighted by Gasteiger charge is 2.16. The summed E-state index contributed by atoms with van der Waals surface area (Å²) in [4.78, 5) is 0. The molecule has 92 valence electrons. The van der Waals surface area contributed by atoms with Gasteiger partial charge in [0.2, 0.25) is 0 Å². The van der Waals surface area contributed by atoms with Crippen molar-refractivity contribution in [1.82, 2.24) is 0 Å². The van der Waals surface area contributed by atoms with Gasteiger partial charge in [0.05, 0.1) is 23.1 Å². The average Bonchev–Trinajstić information content (AvgIpc) is 2.27. The number of rotatable bonds is 5. The van der Waals surface area contributed by atoms with Gasteiger partial charge in [0, 0.05) is 6.61 Å². The second kappa shape index (κ2) is 5.80. The molecule has 17 heavy (non-hydrogen) atoms. The predicted octanol–water partition coefficient (Wildman–Crippen LogP) is 1.10. The third-order valence-corrected chi connectivity index (χ3v) is 4.14. The van der Waals surface area contributed by atoms with Crippen LogP contribution in [0, 0.1) is 17.2 Å². The number of nitriles is 1. The van der Waals surface area contributed by atoms with E-state index in [1.54, 1.807) is 31.2 Å². The highest BCUT2D eigenvalue weighted by molar-refractivity contribution is 7.90. The van der Waals surface area contributed by atoms with E-state index in [1.807, 2.05) is 6.07 Å². The lowest BCUT2D eigenvalue weighted by Gasteiger charge is -2.09. The highest BCUT2D eigenvalue weighted by atomic mass is 32.2. The van der Waals surface area contributed by atoms with Crippen molar-refractivity contribution < 1.29 is 13.5 Å². The largest absolute Gasteiger partial charge is 0.396 e. The zero-order valence-corrected chi connectivity index (χ0v) is 10.4. The Morgan fingerprint density at radius 3 is 2.76 bits per heavy atom. The van der Waals surface area contributed by atoms with E-state index in [1.165, 1.54) is 0 Å². The Bertz CT molecular complexity index is 517. The lowest BCUT2D eigenvalue weighted by atomic mass is 10.2. The van der Waals surface area contributed by atoms with Crippen LogP contribution in [0.2, 0.25) is 0 Å². The number of nitrogens with zero attached hydrogens (tertiary/aromatic N) is 1. The van der Waals surface area contributed by atoms with E-state index in [9.17, 15) is 8.42 Å². The fourth-order valence-corrected chi connectivity index (χ4v) is 3.31. The number of hydrogen-bond donors (Lipinski definition) is 1. The van der Waals surface area contributed by atoms with E-state index < -0.39 is 9.84 Å². The molecular weight excluding hydrogens is 238 g/mol. The van der Waals surface area contributed by atoms with Crippen molar-refractivity contribution in [2.45, 2.75) is 12.7 Å². The molecule has 0 heterocycles. The van der Waals surface area contributed by atoms with Crippen molar-refractivity contribution >= 4 is 9.84 Å². The van der Waals surface area contributed by atoms with E-state index in [4.69, 9.17) is 10.4 Å². The van der Waals surface area contributed by atoms with Gasteiger partial charge in [-0.15, -0.1) is 0 Å². The summed E-state index contributed by atoms with van der Waals surface area (Å²) in [5.41, 5.74) is 1.06. The van der Waals surface area contributed by atoms with Gasteiger partial charge < -0.3 is 5.11 Å². The lowest BCUT2D eigenvalue weighted by molar-refractivity contribution is 0.249. The van der Waals surface area contributed by atoms with Crippen molar-refractivity contribution in [3.8, 4) is 6.07 Å². The van der Waals surface area contributed by atoms with Gasteiger partial charge in [-0.1, -0.05) is 19.1 Å². The van der Waals surface area contributed by atoms with Crippen LogP contribution >= 0.6 is 0 Å². The monoisotopic (exact) mass is 253 g/mol. The molecule has 5 heteroatoms. The molecule has 1 atom stereocenters. The molecule has 0 aliphatic rings. The van der Waals surface area contributed by atoms with Gasteiger partial charge in [0.1, 0.15) is 0 Å². The van der Waals surface area contributed by atoms with Crippen LogP contribution in [0.25, 0.3) is 0 Å². The average molecular weight is 253 g/mol. The Balaban J connectivity index is 2.80. The second-order valence-corrected chi connectivity index (χ2v) is 6.26. The Hall–Kier alpha value is -1.38. The summed E-state index contributed by atoms with van der Waals surface area (Å²) in [5, 5.41) is 17.6. The normalized spacial score (nSPS) is 13.0. The molecule has 0 saturated heterocycles. The molecule has 1 N–H and O–H groups in total. The Morgan fingerprint density at radius 2 is 2.18 bits per heavy atom. The zero-order chi connectivity index (χ0) is 12.9. The summed E-state index contributed by atoms with van der Waals surface area (Å²) < 4.78 is 23.5. The van der Waals surface area contributed by atoms with Crippen molar-refractivity contribution in [2.75, 3.05) is 12.4 Å². The van der Waals surface area contributed by atoms with Gasteiger partial charge in [0.25, 0.3) is 0 Å². The Morgan fingerprint density at radius 1 is 1.47 bits per heavy atom. The van der Waals surface area contributed by atoms with Crippen molar-refractivity contribution in [3.05, 3.63) is 35.4 Å². The lowest BCUT2D eigenvalue weighted by Crippen LogP contribution is -2.18. The third-order valence-electron chi connectivity index (χ3n) is 2.29. The predicted molar refractivity (Wildman–Crippen MR) is 64.9 cm³/mol. The smallest absolute Gasteiger partial charge is 0.154 e. The number of sulfone groups is 1. The van der Waals surface area contributed by atoms with Crippen LogP contribution in [0.5, 0.6) is 0 Å². The van der Waals surface area contributed by atoms with Crippen LogP contribution in [0.4, 0.5) is 0 Å². The molecule has 0 bridgehead atoms. The first kappa shape index (κ1) is 13.7. The maximum absolute atomic E-state index is 11.8. The summed E-state index contributed by atoms with van der Waals surface area (Å²) in [7, 11) is -3.24. The molecule has 1 rings (SSSR count). The third kappa shape index (κ3) is 4.55. The van der Waals surface area contributed by atoms with E-state index in [2.05, 4.69) is 0 Å². The fraction of sp³-hybridized carbons (Fsp3) is 0.417. The quantitative estimate of drug-likeness (QED) is 0.852. The molecule has 0 saturated carbocycles. The molecule has 1 aromatic rings. The number of hydrogen-bond acceptors (Lipinski definition) is 4. The van der Waals surface area contributed by atoms with Crippen LogP contribution in [0.3, 0.4) is 0 Å². The molecule has 1 aromatic carbocycles. The van der Waals surface area contributed by atoms with E-state index in [0.717, 1.165) is 0 Å². The summed E-state index contributed by atoms with van der Waals surface area (Å²) >= 11 is 0. The van der Waals surface area contributed by atoms with Gasteiger partial charge >= 0.3 is 0 Å². The van der Waals surface area contributed by atoms with Gasteiger partial charge in [0.15, 0.2) is 9.84 Å². The van der Waals surface area contributed by atoms with Crippen LogP contribution < -0.4 is 0 Å². The number of aliphatic hydroxyl groups is 1. The molecule has 0 aliphatic heterocycles. The minimum absolute atomic E-state index is 0.0414. The fourth-order valence-electron chi connectivity index (χ4n) is 1.53. The van der Waals surface area contributed by atoms with Crippen molar-refractivity contribution in [3.63, 3.8) is 0 Å². The SMILES string of the molecule is CC(CO)CS(=O)(=O)Cc1cccc(C#N)c1. The molecule has 4 nitrogen and oxygen atoms in total. The molecule has 0 aromatic heterocycles. The first-order valence-electron chi connectivity index (χ1n) is 5.27. The highest BCUT2D eigenvalue weighted by Crippen LogP contribution is 2.11. The number of benzene rings is 1. The van der Waals surface area contributed by atoms with Crippen molar-refractivity contribution in [1.29, 1.82) is 5.26 Å². The van der Waals surface area contributed by atoms with Crippen molar-refractivity contribution in [2.24, 2.45) is 5.92 Å². The van der Waals surface area contributed by atoms with Gasteiger partial charge in [-0.3, -0.25) is 0 Å². The first-order valence-corrected chi connectivity index (χ1v) is 7.09. The molecule has 0 aliphatic carbocycles. The zero-order valence-electron chi connectivity index (χ0n) is 9.63. The Kier molecular flexibility index (Phi) is 4.67. The van der Waals surface area contributed by atoms with Gasteiger partial charge in [-0.2, -0.15) is 5.26 Å². The minimum atomic E-state index is -3.24. The topological polar surface area (TPSA) is 78.2 Å². The van der Waals surface area contributed by atoms with Crippen LogP contribution in [-0.2, 0) is 15.6 Å². The second-order valence-electron chi connectivity index (χ2n) is 4.15. The molecule has 0 amide bonds. The molecule has 0 spiro atoms. The number of aliphatic hydroxyl groups excluding tert-OH is 1. The Labute approximate surface area is 101 Å². The van der Waals surface area contributed by atoms with Crippen LogP contribution in [0.15, 0.2) is 24.3 Å². The van der Waals surface area contributed by atoms with Crippen LogP contribution in [-0.4, -0.2) is 25.9 Å². The minimum Gasteiger partial charge on any atom is -0.396 e. The van der Waals surface area contributed by atoms with Crippen LogP contribution in [0.1, 0.15) is 18.1 Å². The molecule has 0 radical (unpaired) electrons. The first-order chi connectivity index (χ1) is 7.96. The van der Waals surface area contributed by atoms with E-state index >= 15 is 0 Å². The molecule has 1 unspecified atom stereocenters. The molecule has 0 fully saturated rings. The summed E-state index contributed by atoms with van der Waals surface area (Å²) in [5.74, 6) is -0.396. The maximum atomic E-state index is 11.8. The standard InChI is InChI=1S/C12H15NO3S/c1-10(7-14)8-17(15,16)9-12-4-2-3-11(5-12)6-13/h2-5,10,14H,7-9H2,1H3. The van der Waals surface area contributed by atoms with Gasteiger partial charge in [-0.25, -0.2) is 8.42 Å². The summed E-state index contributed by atoms with van der Waals surface area (Å²) in [6.07, 6.45) is 0. The van der Waals surface area contributed by atoms with Gasteiger partial charge in [-0.05, 0) is 23.6 Å². The maximum Gasteiger partial charge on any atom is 0.154 e. The summed E-state index contributed by atoms with van der Waals surface area (Å²) in [6, 6.07) is 8.52.